The van der Waals surface area contributed by atoms with Gasteiger partial charge in [0.25, 0.3) is 0 Å². The summed E-state index contributed by atoms with van der Waals surface area (Å²) in [6.45, 7) is 0.810. The summed E-state index contributed by atoms with van der Waals surface area (Å²) in [5.41, 5.74) is 1.35. The normalized spacial score (nSPS) is 16.7. The van der Waals surface area contributed by atoms with Crippen LogP contribution in [-0.2, 0) is 6.54 Å². The van der Waals surface area contributed by atoms with E-state index in [1.165, 1.54) is 0 Å². The monoisotopic (exact) mass is 304 g/mol. The minimum atomic E-state index is -0.421. The van der Waals surface area contributed by atoms with Crippen molar-refractivity contribution in [3.8, 4) is 6.07 Å². The van der Waals surface area contributed by atoms with Gasteiger partial charge in [0.2, 0.25) is 0 Å². The van der Waals surface area contributed by atoms with E-state index in [9.17, 15) is 5.11 Å². The number of benzene rings is 1. The maximum absolute atomic E-state index is 9.88. The van der Waals surface area contributed by atoms with E-state index >= 15 is 0 Å². The number of rotatable bonds is 3. The molecule has 1 aliphatic rings. The molecule has 0 saturated heterocycles. The van der Waals surface area contributed by atoms with E-state index in [4.69, 9.17) is 5.26 Å². The quantitative estimate of drug-likeness (QED) is 0.946. The zero-order valence-electron chi connectivity index (χ0n) is 9.86. The van der Waals surface area contributed by atoms with Crippen LogP contribution in [0.1, 0.15) is 24.8 Å². The fourth-order valence-corrected chi connectivity index (χ4v) is 2.80. The molecule has 0 spiro atoms. The van der Waals surface area contributed by atoms with E-state index in [1.54, 1.807) is 0 Å². The highest BCUT2D eigenvalue weighted by Gasteiger charge is 2.39. The van der Waals surface area contributed by atoms with E-state index in [-0.39, 0.29) is 0 Å². The summed E-state index contributed by atoms with van der Waals surface area (Å²) in [6, 6.07) is 7.84. The smallest absolute Gasteiger partial charge is 0.0991 e. The van der Waals surface area contributed by atoms with Gasteiger partial charge < -0.3 is 9.67 Å². The molecular weight excluding hydrogens is 292 g/mol. The molecule has 0 bridgehead atoms. The summed E-state index contributed by atoms with van der Waals surface area (Å²) in [5.74, 6) is 0. The Labute approximate surface area is 114 Å². The van der Waals surface area contributed by atoms with Crippen LogP contribution in [0.3, 0.4) is 0 Å². The second-order valence-electron chi connectivity index (χ2n) is 4.99. The van der Waals surface area contributed by atoms with Gasteiger partial charge in [-0.2, -0.15) is 5.26 Å². The number of hydrogen-bond donors (Lipinski definition) is 1. The van der Waals surface area contributed by atoms with Crippen LogP contribution in [0.15, 0.2) is 28.9 Å². The van der Waals surface area contributed by atoms with Crippen LogP contribution in [-0.4, -0.2) is 15.3 Å². The van der Waals surface area contributed by atoms with Crippen molar-refractivity contribution in [2.45, 2.75) is 31.4 Å². The minimum absolute atomic E-state index is 0.421. The van der Waals surface area contributed by atoms with E-state index in [0.717, 1.165) is 41.2 Å². The molecule has 3 nitrogen and oxygen atoms in total. The summed E-state index contributed by atoms with van der Waals surface area (Å²) in [7, 11) is 0. The zero-order chi connectivity index (χ0) is 12.8. The third kappa shape index (κ3) is 2.05. The van der Waals surface area contributed by atoms with Crippen LogP contribution in [0.5, 0.6) is 0 Å². The van der Waals surface area contributed by atoms with Gasteiger partial charge in [0.05, 0.1) is 17.2 Å². The van der Waals surface area contributed by atoms with Crippen LogP contribution < -0.4 is 0 Å². The largest absolute Gasteiger partial charge is 0.390 e. The van der Waals surface area contributed by atoms with Crippen LogP contribution in [0.2, 0.25) is 0 Å². The highest BCUT2D eigenvalue weighted by molar-refractivity contribution is 9.10. The lowest BCUT2D eigenvalue weighted by molar-refractivity contribution is 0.134. The number of aryl methyl sites for hydroxylation is 1. The SMILES string of the molecule is N#Cc1ccc2c(c1)c(Br)cn2CCC1(O)CC1. The van der Waals surface area contributed by atoms with Gasteiger partial charge in [0.1, 0.15) is 0 Å². The van der Waals surface area contributed by atoms with Gasteiger partial charge in [-0.15, -0.1) is 0 Å². The van der Waals surface area contributed by atoms with E-state index in [0.29, 0.717) is 5.56 Å². The average Bonchev–Trinajstić information content (AvgIpc) is 3.03. The predicted octanol–water partition coefficient (Wildman–Crippen LogP) is 3.19. The molecule has 3 rings (SSSR count). The highest BCUT2D eigenvalue weighted by Crippen LogP contribution is 2.39. The number of hydrogen-bond acceptors (Lipinski definition) is 2. The first-order valence-electron chi connectivity index (χ1n) is 6.02. The maximum Gasteiger partial charge on any atom is 0.0991 e. The lowest BCUT2D eigenvalue weighted by Crippen LogP contribution is -2.10. The van der Waals surface area contributed by atoms with Crippen molar-refractivity contribution in [2.24, 2.45) is 0 Å². The van der Waals surface area contributed by atoms with Crippen LogP contribution in [0.4, 0.5) is 0 Å². The number of aliphatic hydroxyl groups is 1. The summed E-state index contributed by atoms with van der Waals surface area (Å²) < 4.78 is 3.13. The Morgan fingerprint density at radius 3 is 2.89 bits per heavy atom. The molecule has 0 radical (unpaired) electrons. The second-order valence-corrected chi connectivity index (χ2v) is 5.84. The first-order chi connectivity index (χ1) is 8.61. The van der Waals surface area contributed by atoms with Gasteiger partial charge in [-0.3, -0.25) is 0 Å². The molecule has 1 saturated carbocycles. The van der Waals surface area contributed by atoms with Crippen molar-refractivity contribution >= 4 is 26.8 Å². The number of nitriles is 1. The molecule has 92 valence electrons. The standard InChI is InChI=1S/C14H13BrN2O/c15-12-9-17(6-5-14(18)3-4-14)13-2-1-10(8-16)7-11(12)13/h1-2,7,9,18H,3-6H2. The maximum atomic E-state index is 9.88. The van der Waals surface area contributed by atoms with Gasteiger partial charge in [-0.05, 0) is 53.4 Å². The number of nitrogens with zero attached hydrogens (tertiary/aromatic N) is 2. The first-order valence-corrected chi connectivity index (χ1v) is 6.81. The minimum Gasteiger partial charge on any atom is -0.390 e. The fraction of sp³-hybridized carbons (Fsp3) is 0.357. The molecule has 1 heterocycles. The first kappa shape index (κ1) is 11.8. The molecule has 1 fully saturated rings. The van der Waals surface area contributed by atoms with E-state index < -0.39 is 5.60 Å². The third-order valence-electron chi connectivity index (χ3n) is 3.61. The van der Waals surface area contributed by atoms with Gasteiger partial charge >= 0.3 is 0 Å². The third-order valence-corrected chi connectivity index (χ3v) is 4.24. The van der Waals surface area contributed by atoms with Crippen LogP contribution in [0, 0.1) is 11.3 Å². The van der Waals surface area contributed by atoms with Gasteiger partial charge in [0, 0.05) is 28.1 Å². The summed E-state index contributed by atoms with van der Waals surface area (Å²) in [4.78, 5) is 0. The van der Waals surface area contributed by atoms with Gasteiger partial charge in [0.15, 0.2) is 0 Å². The Morgan fingerprint density at radius 1 is 1.44 bits per heavy atom. The van der Waals surface area contributed by atoms with Crippen molar-refractivity contribution in [1.29, 1.82) is 5.26 Å². The Hall–Kier alpha value is -1.31. The van der Waals surface area contributed by atoms with Crippen molar-refractivity contribution in [1.82, 2.24) is 4.57 Å². The summed E-state index contributed by atoms with van der Waals surface area (Å²) >= 11 is 3.52. The molecule has 1 aromatic heterocycles. The topological polar surface area (TPSA) is 49.0 Å². The molecule has 0 amide bonds. The van der Waals surface area contributed by atoms with E-state index in [2.05, 4.69) is 26.6 Å². The molecule has 0 unspecified atom stereocenters. The number of aromatic nitrogens is 1. The lowest BCUT2D eigenvalue weighted by Gasteiger charge is -2.09. The Bertz CT molecular complexity index is 650. The number of fused-ring (bicyclic) bond motifs is 1. The summed E-state index contributed by atoms with van der Waals surface area (Å²) in [6.07, 6.45) is 4.67. The van der Waals surface area contributed by atoms with Gasteiger partial charge in [-0.25, -0.2) is 0 Å². The molecule has 0 aliphatic heterocycles. The molecule has 2 aromatic rings. The molecular formula is C14H13BrN2O. The van der Waals surface area contributed by atoms with E-state index in [1.807, 2.05) is 24.4 Å². The Balaban J connectivity index is 1.95. The second kappa shape index (κ2) is 4.11. The van der Waals surface area contributed by atoms with Crippen molar-refractivity contribution in [3.05, 3.63) is 34.4 Å². The van der Waals surface area contributed by atoms with Gasteiger partial charge in [-0.1, -0.05) is 0 Å². The Morgan fingerprint density at radius 2 is 2.22 bits per heavy atom. The Kier molecular flexibility index (Phi) is 2.69. The molecule has 1 aliphatic carbocycles. The number of halogens is 1. The highest BCUT2D eigenvalue weighted by atomic mass is 79.9. The molecule has 0 atom stereocenters. The lowest BCUT2D eigenvalue weighted by atomic mass is 10.2. The summed E-state index contributed by atoms with van der Waals surface area (Å²) in [5, 5.41) is 19.8. The predicted molar refractivity (Wildman–Crippen MR) is 73.2 cm³/mol. The van der Waals surface area contributed by atoms with Crippen LogP contribution in [0.25, 0.3) is 10.9 Å². The molecule has 1 aromatic carbocycles. The molecule has 18 heavy (non-hydrogen) atoms. The molecule has 4 heteroatoms. The van der Waals surface area contributed by atoms with Crippen molar-refractivity contribution in [2.75, 3.05) is 0 Å². The molecule has 1 N–H and O–H groups in total. The van der Waals surface area contributed by atoms with Crippen LogP contribution >= 0.6 is 15.9 Å². The van der Waals surface area contributed by atoms with Crippen molar-refractivity contribution in [3.63, 3.8) is 0 Å². The fourth-order valence-electron chi connectivity index (χ4n) is 2.23. The zero-order valence-corrected chi connectivity index (χ0v) is 11.4. The average molecular weight is 305 g/mol. The van der Waals surface area contributed by atoms with Crippen molar-refractivity contribution < 1.29 is 5.11 Å².